The molecule has 2 aromatic rings. The van der Waals surface area contributed by atoms with E-state index < -0.39 is 23.3 Å². The van der Waals surface area contributed by atoms with E-state index in [0.717, 1.165) is 32.1 Å². The SMILES string of the molecule is C=CCOc1ccc(-c2ccc(C3CCC(CC)CC3)c(F)c2F)c(F)c1F. The lowest BCUT2D eigenvalue weighted by Crippen LogP contribution is -2.14. The van der Waals surface area contributed by atoms with Crippen molar-refractivity contribution in [3.05, 3.63) is 65.8 Å². The minimum atomic E-state index is -1.27. The normalized spacial score (nSPS) is 19.5. The molecule has 1 aliphatic rings. The Bertz CT molecular complexity index is 854. The third-order valence-corrected chi connectivity index (χ3v) is 5.67. The third kappa shape index (κ3) is 3.94. The summed E-state index contributed by atoms with van der Waals surface area (Å²) in [5, 5.41) is 0. The van der Waals surface area contributed by atoms with Gasteiger partial charge in [-0.25, -0.2) is 13.2 Å². The molecule has 0 heterocycles. The van der Waals surface area contributed by atoms with Crippen molar-refractivity contribution in [2.75, 3.05) is 6.61 Å². The number of rotatable bonds is 6. The van der Waals surface area contributed by atoms with E-state index in [1.165, 1.54) is 30.3 Å². The summed E-state index contributed by atoms with van der Waals surface area (Å²) < 4.78 is 63.2. The van der Waals surface area contributed by atoms with Gasteiger partial charge in [0, 0.05) is 11.1 Å². The molecule has 150 valence electrons. The maximum Gasteiger partial charge on any atom is 0.201 e. The van der Waals surface area contributed by atoms with Crippen LogP contribution in [0.15, 0.2) is 36.9 Å². The summed E-state index contributed by atoms with van der Waals surface area (Å²) in [5.41, 5.74) is -0.307. The van der Waals surface area contributed by atoms with Crippen molar-refractivity contribution in [1.82, 2.24) is 0 Å². The highest BCUT2D eigenvalue weighted by Crippen LogP contribution is 2.40. The summed E-state index contributed by atoms with van der Waals surface area (Å²) in [6.07, 6.45) is 6.11. The van der Waals surface area contributed by atoms with Gasteiger partial charge in [-0.1, -0.05) is 38.1 Å². The monoisotopic (exact) mass is 392 g/mol. The minimum absolute atomic E-state index is 0.00761. The lowest BCUT2D eigenvalue weighted by atomic mass is 9.77. The first-order valence-corrected chi connectivity index (χ1v) is 9.67. The van der Waals surface area contributed by atoms with E-state index >= 15 is 0 Å². The molecule has 3 rings (SSSR count). The Morgan fingerprint density at radius 2 is 1.50 bits per heavy atom. The zero-order valence-electron chi connectivity index (χ0n) is 15.9. The molecule has 0 N–H and O–H groups in total. The number of benzene rings is 2. The van der Waals surface area contributed by atoms with Gasteiger partial charge in [-0.05, 0) is 55.2 Å². The van der Waals surface area contributed by atoms with Gasteiger partial charge in [-0.2, -0.15) is 4.39 Å². The van der Waals surface area contributed by atoms with Crippen LogP contribution >= 0.6 is 0 Å². The molecule has 0 aliphatic heterocycles. The fraction of sp³-hybridized carbons (Fsp3) is 0.391. The number of hydrogen-bond donors (Lipinski definition) is 0. The first-order valence-electron chi connectivity index (χ1n) is 9.67. The van der Waals surface area contributed by atoms with Gasteiger partial charge >= 0.3 is 0 Å². The fourth-order valence-corrected chi connectivity index (χ4v) is 3.97. The molecular weight excluding hydrogens is 368 g/mol. The summed E-state index contributed by atoms with van der Waals surface area (Å²) in [7, 11) is 0. The van der Waals surface area contributed by atoms with E-state index in [-0.39, 0.29) is 29.4 Å². The zero-order valence-corrected chi connectivity index (χ0v) is 15.9. The molecule has 0 bridgehead atoms. The molecule has 0 unspecified atom stereocenters. The standard InChI is InChI=1S/C23H24F4O/c1-3-13-28-19-12-11-18(22(26)23(19)27)17-10-9-16(20(24)21(17)25)15-7-5-14(4-2)6-8-15/h3,9-12,14-15H,1,4-8,13H2,2H3. The van der Waals surface area contributed by atoms with Crippen molar-refractivity contribution in [3.8, 4) is 16.9 Å². The summed E-state index contributed by atoms with van der Waals surface area (Å²) in [6.45, 7) is 5.59. The Morgan fingerprint density at radius 1 is 0.893 bits per heavy atom. The smallest absolute Gasteiger partial charge is 0.201 e. The molecule has 0 atom stereocenters. The van der Waals surface area contributed by atoms with Crippen LogP contribution in [0.5, 0.6) is 5.75 Å². The number of hydrogen-bond acceptors (Lipinski definition) is 1. The highest BCUT2D eigenvalue weighted by atomic mass is 19.2. The Kier molecular flexibility index (Phi) is 6.42. The van der Waals surface area contributed by atoms with Crippen LogP contribution in [0.2, 0.25) is 0 Å². The molecule has 1 nitrogen and oxygen atoms in total. The van der Waals surface area contributed by atoms with Crippen molar-refractivity contribution in [1.29, 1.82) is 0 Å². The van der Waals surface area contributed by atoms with Crippen molar-refractivity contribution < 1.29 is 22.3 Å². The maximum atomic E-state index is 14.8. The second kappa shape index (κ2) is 8.80. The van der Waals surface area contributed by atoms with E-state index in [0.29, 0.717) is 11.5 Å². The van der Waals surface area contributed by atoms with E-state index in [9.17, 15) is 17.6 Å². The van der Waals surface area contributed by atoms with Gasteiger partial charge in [0.05, 0.1) is 0 Å². The molecule has 5 heteroatoms. The van der Waals surface area contributed by atoms with Crippen LogP contribution in [0.1, 0.15) is 50.5 Å². The molecule has 0 saturated heterocycles. The predicted octanol–water partition coefficient (Wildman–Crippen LogP) is 7.16. The Morgan fingerprint density at radius 3 is 2.11 bits per heavy atom. The van der Waals surface area contributed by atoms with Crippen LogP contribution in [0.4, 0.5) is 17.6 Å². The predicted molar refractivity (Wildman–Crippen MR) is 102 cm³/mol. The van der Waals surface area contributed by atoms with Crippen LogP contribution < -0.4 is 4.74 Å². The Balaban J connectivity index is 1.91. The number of ether oxygens (including phenoxy) is 1. The van der Waals surface area contributed by atoms with Gasteiger partial charge in [0.2, 0.25) is 5.82 Å². The second-order valence-corrected chi connectivity index (χ2v) is 7.30. The maximum absolute atomic E-state index is 14.8. The topological polar surface area (TPSA) is 9.23 Å². The lowest BCUT2D eigenvalue weighted by molar-refractivity contribution is 0.312. The zero-order chi connectivity index (χ0) is 20.3. The molecule has 1 saturated carbocycles. The summed E-state index contributed by atoms with van der Waals surface area (Å²) >= 11 is 0. The summed E-state index contributed by atoms with van der Waals surface area (Å²) in [6, 6.07) is 5.24. The van der Waals surface area contributed by atoms with Gasteiger partial charge in [-0.3, -0.25) is 0 Å². The minimum Gasteiger partial charge on any atom is -0.486 e. The molecule has 0 radical (unpaired) electrons. The molecule has 0 aromatic heterocycles. The molecular formula is C23H24F4O. The van der Waals surface area contributed by atoms with Crippen LogP contribution in [-0.4, -0.2) is 6.61 Å². The van der Waals surface area contributed by atoms with Gasteiger partial charge in [0.15, 0.2) is 23.2 Å². The van der Waals surface area contributed by atoms with Crippen LogP contribution in [0.3, 0.4) is 0 Å². The Hall–Kier alpha value is -2.30. The van der Waals surface area contributed by atoms with Crippen molar-refractivity contribution in [2.45, 2.75) is 44.9 Å². The Labute approximate surface area is 163 Å². The van der Waals surface area contributed by atoms with Crippen molar-refractivity contribution >= 4 is 0 Å². The average Bonchev–Trinajstić information content (AvgIpc) is 2.72. The van der Waals surface area contributed by atoms with Gasteiger partial charge in [0.25, 0.3) is 0 Å². The van der Waals surface area contributed by atoms with Crippen molar-refractivity contribution in [3.63, 3.8) is 0 Å². The fourth-order valence-electron chi connectivity index (χ4n) is 3.97. The quantitative estimate of drug-likeness (QED) is 0.374. The molecule has 0 spiro atoms. The largest absolute Gasteiger partial charge is 0.486 e. The molecule has 2 aromatic carbocycles. The second-order valence-electron chi connectivity index (χ2n) is 7.30. The van der Waals surface area contributed by atoms with E-state index in [2.05, 4.69) is 13.5 Å². The van der Waals surface area contributed by atoms with Gasteiger partial charge in [0.1, 0.15) is 6.61 Å². The van der Waals surface area contributed by atoms with E-state index in [4.69, 9.17) is 4.74 Å². The third-order valence-electron chi connectivity index (χ3n) is 5.67. The summed E-state index contributed by atoms with van der Waals surface area (Å²) in [4.78, 5) is 0. The first-order chi connectivity index (χ1) is 13.5. The average molecular weight is 392 g/mol. The summed E-state index contributed by atoms with van der Waals surface area (Å²) in [5.74, 6) is -4.31. The van der Waals surface area contributed by atoms with Crippen LogP contribution in [-0.2, 0) is 0 Å². The first kappa shape index (κ1) is 20.4. The van der Waals surface area contributed by atoms with Gasteiger partial charge < -0.3 is 4.74 Å². The van der Waals surface area contributed by atoms with Crippen LogP contribution in [0.25, 0.3) is 11.1 Å². The molecule has 1 fully saturated rings. The molecule has 28 heavy (non-hydrogen) atoms. The van der Waals surface area contributed by atoms with Crippen molar-refractivity contribution in [2.24, 2.45) is 5.92 Å². The van der Waals surface area contributed by atoms with Gasteiger partial charge in [-0.15, -0.1) is 0 Å². The highest BCUT2D eigenvalue weighted by Gasteiger charge is 2.27. The lowest BCUT2D eigenvalue weighted by Gasteiger charge is -2.28. The molecule has 0 amide bonds. The highest BCUT2D eigenvalue weighted by molar-refractivity contribution is 5.66. The van der Waals surface area contributed by atoms with E-state index in [1.807, 2.05) is 0 Å². The van der Waals surface area contributed by atoms with Crippen LogP contribution in [0, 0.1) is 29.2 Å². The number of halogens is 4. The van der Waals surface area contributed by atoms with E-state index in [1.54, 1.807) is 0 Å². The molecule has 1 aliphatic carbocycles.